The first-order valence-corrected chi connectivity index (χ1v) is 10.8. The third kappa shape index (κ3) is 6.53. The summed E-state index contributed by atoms with van der Waals surface area (Å²) in [7, 11) is -1.32. The summed E-state index contributed by atoms with van der Waals surface area (Å²) in [6.45, 7) is 11.4. The third-order valence-electron chi connectivity index (χ3n) is 5.10. The van der Waals surface area contributed by atoms with Crippen molar-refractivity contribution in [2.75, 3.05) is 52.1 Å². The molecule has 2 fully saturated rings. The normalized spacial score (nSPS) is 23.0. The standard InChI is InChI=1S/C17H34N4O2S.HI/c1-17(2,3)24(22,23)12-8-19-16(18-4)21-11-7-15(14-21)13-20-9-5-6-10-20;/h15H,5-14H2,1-4H3,(H,18,19);1H. The summed E-state index contributed by atoms with van der Waals surface area (Å²) in [5, 5.41) is 3.24. The lowest BCUT2D eigenvalue weighted by atomic mass is 10.1. The second-order valence-corrected chi connectivity index (χ2v) is 10.9. The van der Waals surface area contributed by atoms with Crippen LogP contribution in [0.2, 0.25) is 0 Å². The summed E-state index contributed by atoms with van der Waals surface area (Å²) in [6, 6.07) is 0. The van der Waals surface area contributed by atoms with Gasteiger partial charge in [-0.15, -0.1) is 24.0 Å². The van der Waals surface area contributed by atoms with Gasteiger partial charge in [0.15, 0.2) is 15.8 Å². The van der Waals surface area contributed by atoms with Crippen LogP contribution >= 0.6 is 24.0 Å². The molecule has 148 valence electrons. The summed E-state index contributed by atoms with van der Waals surface area (Å²) in [5.74, 6) is 1.67. The second kappa shape index (κ2) is 9.73. The number of nitrogens with one attached hydrogen (secondary N) is 1. The van der Waals surface area contributed by atoms with E-state index in [9.17, 15) is 8.42 Å². The molecule has 1 atom stereocenters. The van der Waals surface area contributed by atoms with E-state index >= 15 is 0 Å². The average molecular weight is 486 g/mol. The number of aliphatic imine (C=N–C) groups is 1. The van der Waals surface area contributed by atoms with Gasteiger partial charge in [-0.25, -0.2) is 8.42 Å². The first kappa shape index (κ1) is 23.0. The SMILES string of the molecule is CN=C(NCCS(=O)(=O)C(C)(C)C)N1CCC(CN2CCCC2)C1.I. The van der Waals surface area contributed by atoms with Crippen LogP contribution in [0.5, 0.6) is 0 Å². The van der Waals surface area contributed by atoms with E-state index in [0.717, 1.165) is 19.0 Å². The summed E-state index contributed by atoms with van der Waals surface area (Å²) >= 11 is 0. The minimum atomic E-state index is -3.09. The van der Waals surface area contributed by atoms with Crippen LogP contribution in [0.4, 0.5) is 0 Å². The Hall–Kier alpha value is -0.0900. The molecular weight excluding hydrogens is 451 g/mol. The summed E-state index contributed by atoms with van der Waals surface area (Å²) < 4.78 is 23.7. The fourth-order valence-corrected chi connectivity index (χ4v) is 4.42. The Labute approximate surface area is 170 Å². The molecule has 2 heterocycles. The fraction of sp³-hybridized carbons (Fsp3) is 0.941. The van der Waals surface area contributed by atoms with Crippen molar-refractivity contribution in [2.45, 2.75) is 44.8 Å². The Balaban J connectivity index is 0.00000312. The maximum Gasteiger partial charge on any atom is 0.193 e. The van der Waals surface area contributed by atoms with E-state index in [0.29, 0.717) is 12.5 Å². The van der Waals surface area contributed by atoms with Crippen molar-refractivity contribution in [1.29, 1.82) is 0 Å². The number of hydrogen-bond donors (Lipinski definition) is 1. The molecule has 8 heteroatoms. The second-order valence-electron chi connectivity index (χ2n) is 8.01. The summed E-state index contributed by atoms with van der Waals surface area (Å²) in [4.78, 5) is 9.18. The van der Waals surface area contributed by atoms with E-state index in [1.807, 2.05) is 0 Å². The molecule has 0 aromatic carbocycles. The lowest BCUT2D eigenvalue weighted by Gasteiger charge is -2.24. The van der Waals surface area contributed by atoms with Crippen molar-refractivity contribution in [3.05, 3.63) is 0 Å². The van der Waals surface area contributed by atoms with Crippen LogP contribution in [0, 0.1) is 5.92 Å². The number of nitrogens with zero attached hydrogens (tertiary/aromatic N) is 3. The lowest BCUT2D eigenvalue weighted by molar-refractivity contribution is 0.281. The largest absolute Gasteiger partial charge is 0.355 e. The number of guanidine groups is 1. The minimum absolute atomic E-state index is 0. The van der Waals surface area contributed by atoms with Gasteiger partial charge in [-0.1, -0.05) is 0 Å². The van der Waals surface area contributed by atoms with Crippen LogP contribution in [0.1, 0.15) is 40.0 Å². The predicted octanol–water partition coefficient (Wildman–Crippen LogP) is 1.81. The molecule has 2 aliphatic heterocycles. The maximum atomic E-state index is 12.2. The molecule has 0 aromatic heterocycles. The van der Waals surface area contributed by atoms with Crippen LogP contribution < -0.4 is 5.32 Å². The van der Waals surface area contributed by atoms with Crippen LogP contribution in [-0.4, -0.2) is 81.0 Å². The molecule has 25 heavy (non-hydrogen) atoms. The molecule has 0 saturated carbocycles. The molecule has 1 unspecified atom stereocenters. The van der Waals surface area contributed by atoms with Crippen molar-refractivity contribution >= 4 is 39.8 Å². The number of sulfone groups is 1. The molecule has 6 nitrogen and oxygen atoms in total. The molecule has 0 aliphatic carbocycles. The lowest BCUT2D eigenvalue weighted by Crippen LogP contribution is -2.43. The smallest absolute Gasteiger partial charge is 0.193 e. The van der Waals surface area contributed by atoms with Crippen molar-refractivity contribution in [2.24, 2.45) is 10.9 Å². The highest BCUT2D eigenvalue weighted by molar-refractivity contribution is 14.0. The van der Waals surface area contributed by atoms with Gasteiger partial charge in [0.1, 0.15) is 0 Å². The Morgan fingerprint density at radius 1 is 1.20 bits per heavy atom. The van der Waals surface area contributed by atoms with Gasteiger partial charge >= 0.3 is 0 Å². The zero-order valence-electron chi connectivity index (χ0n) is 16.1. The van der Waals surface area contributed by atoms with Crippen molar-refractivity contribution in [3.63, 3.8) is 0 Å². The minimum Gasteiger partial charge on any atom is -0.355 e. The Morgan fingerprint density at radius 3 is 2.40 bits per heavy atom. The topological polar surface area (TPSA) is 65.0 Å². The average Bonchev–Trinajstić information content (AvgIpc) is 3.15. The van der Waals surface area contributed by atoms with Crippen LogP contribution in [0.15, 0.2) is 4.99 Å². The molecule has 2 saturated heterocycles. The number of likely N-dealkylation sites (tertiary alicyclic amines) is 2. The molecular formula is C17H35IN4O2S. The zero-order chi connectivity index (χ0) is 17.8. The molecule has 0 bridgehead atoms. The molecule has 2 rings (SSSR count). The predicted molar refractivity (Wildman–Crippen MR) is 116 cm³/mol. The van der Waals surface area contributed by atoms with Crippen molar-refractivity contribution < 1.29 is 8.42 Å². The van der Waals surface area contributed by atoms with Crippen LogP contribution in [-0.2, 0) is 9.84 Å². The van der Waals surface area contributed by atoms with E-state index in [2.05, 4.69) is 20.1 Å². The van der Waals surface area contributed by atoms with Gasteiger partial charge in [0.2, 0.25) is 0 Å². The van der Waals surface area contributed by atoms with Gasteiger partial charge in [0.25, 0.3) is 0 Å². The zero-order valence-corrected chi connectivity index (χ0v) is 19.3. The first-order chi connectivity index (χ1) is 11.2. The molecule has 0 aromatic rings. The van der Waals surface area contributed by atoms with E-state index in [1.165, 1.54) is 38.9 Å². The Kier molecular flexibility index (Phi) is 8.93. The summed E-state index contributed by atoms with van der Waals surface area (Å²) in [6.07, 6.45) is 3.86. The maximum absolute atomic E-state index is 12.2. The van der Waals surface area contributed by atoms with E-state index in [-0.39, 0.29) is 29.7 Å². The fourth-order valence-electron chi connectivity index (χ4n) is 3.44. The van der Waals surface area contributed by atoms with E-state index < -0.39 is 14.6 Å². The highest BCUT2D eigenvalue weighted by Gasteiger charge is 2.30. The number of hydrogen-bond acceptors (Lipinski definition) is 4. The van der Waals surface area contributed by atoms with Crippen molar-refractivity contribution in [1.82, 2.24) is 15.1 Å². The quantitative estimate of drug-likeness (QED) is 0.365. The van der Waals surface area contributed by atoms with Gasteiger partial charge in [0, 0.05) is 33.2 Å². The van der Waals surface area contributed by atoms with E-state index in [4.69, 9.17) is 0 Å². The molecule has 2 aliphatic rings. The van der Waals surface area contributed by atoms with Crippen LogP contribution in [0.3, 0.4) is 0 Å². The van der Waals surface area contributed by atoms with Gasteiger partial charge in [-0.2, -0.15) is 0 Å². The van der Waals surface area contributed by atoms with Gasteiger partial charge in [0.05, 0.1) is 10.5 Å². The molecule has 0 amide bonds. The highest BCUT2D eigenvalue weighted by atomic mass is 127. The summed E-state index contributed by atoms with van der Waals surface area (Å²) in [5.41, 5.74) is 0. The molecule has 0 spiro atoms. The molecule has 1 N–H and O–H groups in total. The van der Waals surface area contributed by atoms with E-state index in [1.54, 1.807) is 27.8 Å². The van der Waals surface area contributed by atoms with Crippen LogP contribution in [0.25, 0.3) is 0 Å². The Bertz CT molecular complexity index is 539. The third-order valence-corrected chi connectivity index (χ3v) is 7.71. The number of halogens is 1. The van der Waals surface area contributed by atoms with Gasteiger partial charge in [-0.05, 0) is 59.0 Å². The van der Waals surface area contributed by atoms with Gasteiger partial charge < -0.3 is 15.1 Å². The molecule has 0 radical (unpaired) electrons. The Morgan fingerprint density at radius 2 is 1.84 bits per heavy atom. The number of rotatable bonds is 5. The monoisotopic (exact) mass is 486 g/mol. The highest BCUT2D eigenvalue weighted by Crippen LogP contribution is 2.20. The van der Waals surface area contributed by atoms with Gasteiger partial charge in [-0.3, -0.25) is 4.99 Å². The first-order valence-electron chi connectivity index (χ1n) is 9.13. The van der Waals surface area contributed by atoms with Crippen molar-refractivity contribution in [3.8, 4) is 0 Å².